The number of pyridine rings is 1. The Balaban J connectivity index is 2.09. The Hall–Kier alpha value is -1.42. The van der Waals surface area contributed by atoms with Crippen LogP contribution in [0.2, 0.25) is 0 Å². The molecule has 0 spiro atoms. The SMILES string of the molecule is Cc1cccc(COc2cc(F)ccc2Br)n1. The van der Waals surface area contributed by atoms with Crippen molar-refractivity contribution in [2.45, 2.75) is 13.5 Å². The van der Waals surface area contributed by atoms with Crippen molar-refractivity contribution in [2.75, 3.05) is 0 Å². The standard InChI is InChI=1S/C13H11BrFNO/c1-9-3-2-4-11(16-9)8-17-13-7-10(15)5-6-12(13)14/h2-7H,8H2,1H3. The molecule has 1 heterocycles. The number of hydrogen-bond acceptors (Lipinski definition) is 2. The highest BCUT2D eigenvalue weighted by atomic mass is 79.9. The van der Waals surface area contributed by atoms with E-state index in [-0.39, 0.29) is 5.82 Å². The maximum Gasteiger partial charge on any atom is 0.136 e. The van der Waals surface area contributed by atoms with Gasteiger partial charge in [0.05, 0.1) is 10.2 Å². The van der Waals surface area contributed by atoms with Gasteiger partial charge in [0, 0.05) is 11.8 Å². The third kappa shape index (κ3) is 3.27. The van der Waals surface area contributed by atoms with Crippen LogP contribution < -0.4 is 4.74 Å². The summed E-state index contributed by atoms with van der Waals surface area (Å²) in [5.41, 5.74) is 1.76. The number of hydrogen-bond donors (Lipinski definition) is 0. The predicted molar refractivity (Wildman–Crippen MR) is 67.4 cm³/mol. The van der Waals surface area contributed by atoms with Gasteiger partial charge in [-0.1, -0.05) is 6.07 Å². The number of aryl methyl sites for hydroxylation is 1. The minimum atomic E-state index is -0.319. The van der Waals surface area contributed by atoms with E-state index in [0.717, 1.165) is 15.9 Å². The molecule has 0 radical (unpaired) electrons. The third-order valence-corrected chi connectivity index (χ3v) is 2.87. The number of benzene rings is 1. The van der Waals surface area contributed by atoms with Crippen molar-refractivity contribution >= 4 is 15.9 Å². The number of aromatic nitrogens is 1. The normalized spacial score (nSPS) is 10.3. The summed E-state index contributed by atoms with van der Waals surface area (Å²) in [4.78, 5) is 4.31. The molecule has 1 aromatic carbocycles. The molecular weight excluding hydrogens is 285 g/mol. The van der Waals surface area contributed by atoms with Crippen molar-refractivity contribution in [3.05, 3.63) is 58.1 Å². The van der Waals surface area contributed by atoms with E-state index in [1.54, 1.807) is 6.07 Å². The first-order valence-corrected chi connectivity index (χ1v) is 5.95. The van der Waals surface area contributed by atoms with Crippen LogP contribution in [0.25, 0.3) is 0 Å². The van der Waals surface area contributed by atoms with Crippen LogP contribution in [0.5, 0.6) is 5.75 Å². The molecule has 0 aliphatic heterocycles. The molecule has 0 aliphatic rings. The zero-order valence-corrected chi connectivity index (χ0v) is 10.9. The quantitative estimate of drug-likeness (QED) is 0.857. The highest BCUT2D eigenvalue weighted by molar-refractivity contribution is 9.10. The number of nitrogens with zero attached hydrogens (tertiary/aromatic N) is 1. The van der Waals surface area contributed by atoms with Crippen molar-refractivity contribution < 1.29 is 9.13 Å². The van der Waals surface area contributed by atoms with E-state index in [9.17, 15) is 4.39 Å². The van der Waals surface area contributed by atoms with E-state index in [4.69, 9.17) is 4.74 Å². The van der Waals surface area contributed by atoms with Crippen LogP contribution in [0, 0.1) is 12.7 Å². The molecule has 0 fully saturated rings. The number of ether oxygens (including phenoxy) is 1. The fourth-order valence-corrected chi connectivity index (χ4v) is 1.78. The first kappa shape index (κ1) is 12.0. The summed E-state index contributed by atoms with van der Waals surface area (Å²) < 4.78 is 19.3. The molecule has 0 unspecified atom stereocenters. The van der Waals surface area contributed by atoms with E-state index < -0.39 is 0 Å². The molecule has 0 aliphatic carbocycles. The zero-order valence-electron chi connectivity index (χ0n) is 9.28. The smallest absolute Gasteiger partial charge is 0.136 e. The van der Waals surface area contributed by atoms with Crippen molar-refractivity contribution in [2.24, 2.45) is 0 Å². The molecule has 0 N–H and O–H groups in total. The Morgan fingerprint density at radius 2 is 2.12 bits per heavy atom. The van der Waals surface area contributed by atoms with Crippen molar-refractivity contribution in [3.63, 3.8) is 0 Å². The van der Waals surface area contributed by atoms with Crippen LogP contribution in [-0.2, 0) is 6.61 Å². The number of rotatable bonds is 3. The Morgan fingerprint density at radius 1 is 1.29 bits per heavy atom. The molecule has 2 rings (SSSR count). The van der Waals surface area contributed by atoms with Crippen LogP contribution in [0.1, 0.15) is 11.4 Å². The Kier molecular flexibility index (Phi) is 3.74. The molecule has 2 nitrogen and oxygen atoms in total. The molecule has 0 bridgehead atoms. The van der Waals surface area contributed by atoms with Crippen LogP contribution >= 0.6 is 15.9 Å². The summed E-state index contributed by atoms with van der Waals surface area (Å²) >= 11 is 3.31. The summed E-state index contributed by atoms with van der Waals surface area (Å²) in [6, 6.07) is 10.1. The van der Waals surface area contributed by atoms with Gasteiger partial charge >= 0.3 is 0 Å². The van der Waals surface area contributed by atoms with E-state index in [0.29, 0.717) is 12.4 Å². The van der Waals surface area contributed by atoms with E-state index in [1.807, 2.05) is 25.1 Å². The zero-order chi connectivity index (χ0) is 12.3. The monoisotopic (exact) mass is 295 g/mol. The highest BCUT2D eigenvalue weighted by Crippen LogP contribution is 2.26. The summed E-state index contributed by atoms with van der Waals surface area (Å²) in [7, 11) is 0. The summed E-state index contributed by atoms with van der Waals surface area (Å²) in [5.74, 6) is 0.161. The molecule has 4 heteroatoms. The van der Waals surface area contributed by atoms with Gasteiger partial charge in [-0.2, -0.15) is 0 Å². The fraction of sp³-hybridized carbons (Fsp3) is 0.154. The minimum absolute atomic E-state index is 0.319. The molecule has 1 aromatic heterocycles. The van der Waals surface area contributed by atoms with Gasteiger partial charge in [0.2, 0.25) is 0 Å². The lowest BCUT2D eigenvalue weighted by molar-refractivity contribution is 0.297. The van der Waals surface area contributed by atoms with Gasteiger partial charge in [0.1, 0.15) is 18.2 Å². The Bertz CT molecular complexity index is 531. The third-order valence-electron chi connectivity index (χ3n) is 2.21. The lowest BCUT2D eigenvalue weighted by atomic mass is 10.3. The average molecular weight is 296 g/mol. The maximum atomic E-state index is 13.0. The molecule has 17 heavy (non-hydrogen) atoms. The fourth-order valence-electron chi connectivity index (χ4n) is 1.42. The molecule has 0 saturated carbocycles. The predicted octanol–water partition coefficient (Wildman–Crippen LogP) is 3.87. The van der Waals surface area contributed by atoms with Gasteiger partial charge in [-0.05, 0) is 47.1 Å². The molecule has 2 aromatic rings. The summed E-state index contributed by atoms with van der Waals surface area (Å²) in [5, 5.41) is 0. The lowest BCUT2D eigenvalue weighted by Gasteiger charge is -2.08. The van der Waals surface area contributed by atoms with E-state index >= 15 is 0 Å². The van der Waals surface area contributed by atoms with Gasteiger partial charge < -0.3 is 4.74 Å². The number of halogens is 2. The summed E-state index contributed by atoms with van der Waals surface area (Å²) in [6.45, 7) is 2.24. The van der Waals surface area contributed by atoms with Gasteiger partial charge in [-0.15, -0.1) is 0 Å². The first-order valence-electron chi connectivity index (χ1n) is 5.15. The van der Waals surface area contributed by atoms with Crippen LogP contribution in [0.3, 0.4) is 0 Å². The average Bonchev–Trinajstić information content (AvgIpc) is 2.30. The molecule has 0 atom stereocenters. The minimum Gasteiger partial charge on any atom is -0.486 e. The molecular formula is C13H11BrFNO. The lowest BCUT2D eigenvalue weighted by Crippen LogP contribution is -1.99. The van der Waals surface area contributed by atoms with Crippen molar-refractivity contribution in [1.82, 2.24) is 4.98 Å². The first-order chi connectivity index (χ1) is 8.15. The van der Waals surface area contributed by atoms with Crippen LogP contribution in [0.4, 0.5) is 4.39 Å². The van der Waals surface area contributed by atoms with E-state index in [2.05, 4.69) is 20.9 Å². The second-order valence-corrected chi connectivity index (χ2v) is 4.49. The molecule has 88 valence electrons. The maximum absolute atomic E-state index is 13.0. The second kappa shape index (κ2) is 5.27. The van der Waals surface area contributed by atoms with Crippen LogP contribution in [0.15, 0.2) is 40.9 Å². The van der Waals surface area contributed by atoms with Crippen molar-refractivity contribution in [3.8, 4) is 5.75 Å². The van der Waals surface area contributed by atoms with Crippen molar-refractivity contribution in [1.29, 1.82) is 0 Å². The molecule has 0 amide bonds. The Morgan fingerprint density at radius 3 is 2.88 bits per heavy atom. The van der Waals surface area contributed by atoms with Gasteiger partial charge in [-0.3, -0.25) is 4.98 Å². The largest absolute Gasteiger partial charge is 0.486 e. The van der Waals surface area contributed by atoms with Gasteiger partial charge in [-0.25, -0.2) is 4.39 Å². The topological polar surface area (TPSA) is 22.1 Å². The summed E-state index contributed by atoms with van der Waals surface area (Å²) in [6.07, 6.45) is 0. The highest BCUT2D eigenvalue weighted by Gasteiger charge is 2.04. The van der Waals surface area contributed by atoms with Gasteiger partial charge in [0.15, 0.2) is 0 Å². The second-order valence-electron chi connectivity index (χ2n) is 3.63. The Labute approximate surface area is 108 Å². The van der Waals surface area contributed by atoms with Gasteiger partial charge in [0.25, 0.3) is 0 Å². The van der Waals surface area contributed by atoms with E-state index in [1.165, 1.54) is 12.1 Å². The van der Waals surface area contributed by atoms with Crippen LogP contribution in [-0.4, -0.2) is 4.98 Å². The molecule has 0 saturated heterocycles.